The highest BCUT2D eigenvalue weighted by atomic mass is 19.3. The van der Waals surface area contributed by atoms with Gasteiger partial charge < -0.3 is 20.5 Å². The van der Waals surface area contributed by atoms with Crippen molar-refractivity contribution in [2.75, 3.05) is 12.4 Å². The van der Waals surface area contributed by atoms with E-state index in [-0.39, 0.29) is 22.5 Å². The van der Waals surface area contributed by atoms with Gasteiger partial charge in [0.1, 0.15) is 11.5 Å². The molecule has 1 aromatic heterocycles. The number of fused-ring (bicyclic) bond motifs is 1. The van der Waals surface area contributed by atoms with Crippen molar-refractivity contribution in [2.24, 2.45) is 0 Å². The summed E-state index contributed by atoms with van der Waals surface area (Å²) in [6.07, 6.45) is -2.57. The zero-order valence-corrected chi connectivity index (χ0v) is 22.9. The highest BCUT2D eigenvalue weighted by molar-refractivity contribution is 6.44. The molecule has 220 valence electrons. The number of anilines is 1. The van der Waals surface area contributed by atoms with E-state index in [9.17, 15) is 36.3 Å². The van der Waals surface area contributed by atoms with Gasteiger partial charge in [-0.3, -0.25) is 19.2 Å². The number of rotatable bonds is 7. The summed E-state index contributed by atoms with van der Waals surface area (Å²) < 4.78 is 67.7. The van der Waals surface area contributed by atoms with E-state index < -0.39 is 59.7 Å². The average Bonchev–Trinajstić information content (AvgIpc) is 3.43. The molecule has 1 saturated carbocycles. The first-order valence-electron chi connectivity index (χ1n) is 12.7. The molecule has 1 aromatic carbocycles. The number of alkyl halides is 4. The van der Waals surface area contributed by atoms with Crippen LogP contribution in [0.3, 0.4) is 0 Å². The number of hydrogen-bond acceptors (Lipinski definition) is 4. The molecule has 2 aliphatic rings. The number of carbonyl (C=O) groups is 4. The molecule has 4 rings (SSSR count). The fourth-order valence-corrected chi connectivity index (χ4v) is 4.91. The number of amides is 3. The van der Waals surface area contributed by atoms with Gasteiger partial charge in [0.15, 0.2) is 0 Å². The van der Waals surface area contributed by atoms with Gasteiger partial charge in [-0.15, -0.1) is 0 Å². The molecular formula is C27H33F5N4O4. The first-order chi connectivity index (χ1) is 18.7. The van der Waals surface area contributed by atoms with Crippen LogP contribution in [0.15, 0.2) is 18.2 Å². The molecule has 13 heteroatoms. The zero-order valence-electron chi connectivity index (χ0n) is 22.9. The summed E-state index contributed by atoms with van der Waals surface area (Å²) in [4.78, 5) is 47.7. The fourth-order valence-electron chi connectivity index (χ4n) is 4.91. The van der Waals surface area contributed by atoms with Gasteiger partial charge in [0.25, 0.3) is 29.9 Å². The number of carbonyl (C=O) groups excluding carboxylic acids is 4. The Morgan fingerprint density at radius 2 is 1.73 bits per heavy atom. The number of nitrogens with one attached hydrogen (secondary N) is 3. The van der Waals surface area contributed by atoms with E-state index in [1.807, 2.05) is 13.8 Å². The molecule has 0 radical (unpaired) electrons. The summed E-state index contributed by atoms with van der Waals surface area (Å²) in [5.41, 5.74) is -1.32. The number of ketones is 1. The Kier molecular flexibility index (Phi) is 10.6. The van der Waals surface area contributed by atoms with Crippen LogP contribution >= 0.6 is 0 Å². The number of hydrogen-bond donors (Lipinski definition) is 3. The van der Waals surface area contributed by atoms with E-state index in [1.165, 1.54) is 13.8 Å². The maximum Gasteiger partial charge on any atom is 0.292 e. The fraction of sp³-hybridized carbons (Fsp3) is 0.481. The van der Waals surface area contributed by atoms with Crippen molar-refractivity contribution < 1.29 is 41.1 Å². The predicted molar refractivity (Wildman–Crippen MR) is 138 cm³/mol. The highest BCUT2D eigenvalue weighted by Crippen LogP contribution is 2.45. The van der Waals surface area contributed by atoms with Crippen molar-refractivity contribution in [3.63, 3.8) is 0 Å². The van der Waals surface area contributed by atoms with E-state index >= 15 is 0 Å². The molecule has 0 spiro atoms. The predicted octanol–water partition coefficient (Wildman–Crippen LogP) is 4.95. The second-order valence-corrected chi connectivity index (χ2v) is 9.50. The first kappa shape index (κ1) is 32.4. The smallest absolute Gasteiger partial charge is 0.292 e. The van der Waals surface area contributed by atoms with Gasteiger partial charge in [-0.1, -0.05) is 13.8 Å². The van der Waals surface area contributed by atoms with Crippen LogP contribution in [-0.2, 0) is 22.6 Å². The lowest BCUT2D eigenvalue weighted by Crippen LogP contribution is -2.61. The Balaban J connectivity index is 0.000000858. The Bertz CT molecular complexity index is 1270. The molecule has 0 saturated heterocycles. The lowest BCUT2D eigenvalue weighted by Gasteiger charge is -2.45. The third-order valence-electron chi connectivity index (χ3n) is 6.38. The standard InChI is InChI=1S/C23H22F5N3O3.C2H5NO.C2H6/c1-11-16(18(32)21(34)30-22(2)9-23(27,28)10-22)15-4-3-7-31(15)17(11)20(33)29-12-5-6-14(24)13(8-12)19(25)26;1-3-2-4;1-2/h5-6,8,19H,3-4,7,9-10H2,1-2H3,(H,29,33)(H,30,34);2H,1H3,(H,3,4);1-2H3. The Labute approximate surface area is 228 Å². The van der Waals surface area contributed by atoms with Crippen LogP contribution in [0.1, 0.15) is 84.1 Å². The van der Waals surface area contributed by atoms with Crippen molar-refractivity contribution in [3.05, 3.63) is 52.1 Å². The molecule has 0 atom stereocenters. The summed E-state index contributed by atoms with van der Waals surface area (Å²) in [6, 6.07) is 2.78. The molecular weight excluding hydrogens is 539 g/mol. The topological polar surface area (TPSA) is 109 Å². The number of aromatic nitrogens is 1. The monoisotopic (exact) mass is 572 g/mol. The van der Waals surface area contributed by atoms with Gasteiger partial charge in [0.2, 0.25) is 6.41 Å². The van der Waals surface area contributed by atoms with Crippen LogP contribution < -0.4 is 16.0 Å². The molecule has 40 heavy (non-hydrogen) atoms. The van der Waals surface area contributed by atoms with Crippen LogP contribution in [-0.4, -0.2) is 47.1 Å². The molecule has 8 nitrogen and oxygen atoms in total. The van der Waals surface area contributed by atoms with Gasteiger partial charge >= 0.3 is 0 Å². The molecule has 1 aliphatic heterocycles. The van der Waals surface area contributed by atoms with Crippen LogP contribution in [0.25, 0.3) is 0 Å². The van der Waals surface area contributed by atoms with Crippen molar-refractivity contribution >= 4 is 29.7 Å². The van der Waals surface area contributed by atoms with E-state index in [0.29, 0.717) is 31.5 Å². The molecule has 1 aliphatic carbocycles. The maximum absolute atomic E-state index is 13.6. The van der Waals surface area contributed by atoms with Crippen LogP contribution in [0.2, 0.25) is 0 Å². The lowest BCUT2D eigenvalue weighted by atomic mass is 9.75. The highest BCUT2D eigenvalue weighted by Gasteiger charge is 2.55. The van der Waals surface area contributed by atoms with E-state index in [4.69, 9.17) is 4.79 Å². The Morgan fingerprint density at radius 1 is 1.12 bits per heavy atom. The van der Waals surface area contributed by atoms with Crippen LogP contribution in [0.4, 0.5) is 27.6 Å². The van der Waals surface area contributed by atoms with E-state index in [1.54, 1.807) is 11.6 Å². The minimum atomic E-state index is -3.07. The number of Topliss-reactive ketones (excluding diaryl/α,β-unsaturated/α-hetero) is 1. The number of halogens is 5. The summed E-state index contributed by atoms with van der Waals surface area (Å²) in [6.45, 7) is 7.31. The van der Waals surface area contributed by atoms with Crippen molar-refractivity contribution in [1.82, 2.24) is 15.2 Å². The Morgan fingerprint density at radius 3 is 2.25 bits per heavy atom. The normalized spacial score (nSPS) is 15.8. The molecule has 0 unspecified atom stereocenters. The molecule has 2 heterocycles. The Hall–Kier alpha value is -3.77. The third kappa shape index (κ3) is 7.05. The van der Waals surface area contributed by atoms with Gasteiger partial charge in [0, 0.05) is 43.4 Å². The van der Waals surface area contributed by atoms with Gasteiger partial charge in [0.05, 0.1) is 11.1 Å². The van der Waals surface area contributed by atoms with E-state index in [0.717, 1.165) is 18.2 Å². The third-order valence-corrected chi connectivity index (χ3v) is 6.38. The number of nitrogens with zero attached hydrogens (tertiary/aromatic N) is 1. The quantitative estimate of drug-likeness (QED) is 0.189. The lowest BCUT2D eigenvalue weighted by molar-refractivity contribution is -0.141. The van der Waals surface area contributed by atoms with Crippen LogP contribution in [0, 0.1) is 12.7 Å². The van der Waals surface area contributed by atoms with Crippen LogP contribution in [0.5, 0.6) is 0 Å². The molecule has 2 aromatic rings. The van der Waals surface area contributed by atoms with Crippen molar-refractivity contribution in [3.8, 4) is 0 Å². The van der Waals surface area contributed by atoms with Crippen molar-refractivity contribution in [2.45, 2.75) is 77.8 Å². The second kappa shape index (κ2) is 13.1. The zero-order chi connectivity index (χ0) is 30.4. The molecule has 3 amide bonds. The van der Waals surface area contributed by atoms with Crippen molar-refractivity contribution in [1.29, 1.82) is 0 Å². The minimum absolute atomic E-state index is 0.0298. The minimum Gasteiger partial charge on any atom is -0.362 e. The van der Waals surface area contributed by atoms with Gasteiger partial charge in [-0.05, 0) is 50.5 Å². The van der Waals surface area contributed by atoms with Gasteiger partial charge in [-0.25, -0.2) is 22.0 Å². The summed E-state index contributed by atoms with van der Waals surface area (Å²) in [5, 5.41) is 7.07. The summed E-state index contributed by atoms with van der Waals surface area (Å²) in [5.74, 6) is -6.68. The number of benzene rings is 1. The molecule has 1 fully saturated rings. The maximum atomic E-state index is 13.6. The molecule has 3 N–H and O–H groups in total. The summed E-state index contributed by atoms with van der Waals surface area (Å²) >= 11 is 0. The largest absolute Gasteiger partial charge is 0.362 e. The first-order valence-corrected chi connectivity index (χ1v) is 12.7. The SMILES string of the molecule is CC.CNC=O.Cc1c(C(=O)C(=O)NC2(C)CC(F)(F)C2)c2n(c1C(=O)Nc1ccc(F)c(C(F)F)c1)CCC2. The van der Waals surface area contributed by atoms with Gasteiger partial charge in [-0.2, -0.15) is 0 Å². The molecule has 0 bridgehead atoms. The second-order valence-electron chi connectivity index (χ2n) is 9.50. The summed E-state index contributed by atoms with van der Waals surface area (Å²) in [7, 11) is 1.56. The van der Waals surface area contributed by atoms with E-state index in [2.05, 4.69) is 16.0 Å². The average molecular weight is 573 g/mol.